The standard InChI is InChI=1S/C41H41FN6O4/c1-5-23-16-29-30(41(2,3)38-36(37(29)50)27-7-6-22(19-43)14-32(27)44-38)18-34(23)47-12-10-26(11-13-47)46(4)20-25-15-24-21-48(40(52)28(24)17-31(25)42)33-8-9-35(49)45-39(33)51/h6-7,14-18,26,33,44H,5,8-13,20-21H2,1-4H3,(H,45,49,51). The van der Waals surface area contributed by atoms with Crippen molar-refractivity contribution in [2.75, 3.05) is 25.0 Å². The molecule has 3 aliphatic heterocycles. The molecule has 0 saturated carbocycles. The highest BCUT2D eigenvalue weighted by atomic mass is 19.1. The van der Waals surface area contributed by atoms with Gasteiger partial charge < -0.3 is 14.8 Å². The summed E-state index contributed by atoms with van der Waals surface area (Å²) < 4.78 is 15.5. The maximum Gasteiger partial charge on any atom is 0.255 e. The van der Waals surface area contributed by atoms with Crippen molar-refractivity contribution in [2.45, 2.75) is 83.5 Å². The number of aromatic nitrogens is 1. The molecule has 1 unspecified atom stereocenters. The van der Waals surface area contributed by atoms with Gasteiger partial charge in [0.15, 0.2) is 5.78 Å². The summed E-state index contributed by atoms with van der Waals surface area (Å²) in [5.74, 6) is -1.64. The van der Waals surface area contributed by atoms with Crippen LogP contribution < -0.4 is 10.2 Å². The summed E-state index contributed by atoms with van der Waals surface area (Å²) in [6.45, 7) is 8.63. The summed E-state index contributed by atoms with van der Waals surface area (Å²) in [5.41, 5.74) is 7.92. The minimum Gasteiger partial charge on any atom is -0.371 e. The van der Waals surface area contributed by atoms with E-state index in [2.05, 4.69) is 59.1 Å². The fraction of sp³-hybridized carbons (Fsp3) is 0.390. The van der Waals surface area contributed by atoms with Crippen molar-refractivity contribution < 1.29 is 23.6 Å². The fourth-order valence-electron chi connectivity index (χ4n) is 8.86. The number of hydrogen-bond donors (Lipinski definition) is 2. The number of nitrogens with one attached hydrogen (secondary N) is 2. The Labute approximate surface area is 301 Å². The summed E-state index contributed by atoms with van der Waals surface area (Å²) >= 11 is 0. The van der Waals surface area contributed by atoms with E-state index in [1.165, 1.54) is 11.0 Å². The van der Waals surface area contributed by atoms with Crippen LogP contribution in [0.5, 0.6) is 0 Å². The van der Waals surface area contributed by atoms with Crippen molar-refractivity contribution in [2.24, 2.45) is 0 Å². The first-order valence-corrected chi connectivity index (χ1v) is 18.1. The number of fused-ring (bicyclic) bond motifs is 5. The average Bonchev–Trinajstić information content (AvgIpc) is 3.68. The molecule has 2 N–H and O–H groups in total. The molecule has 0 bridgehead atoms. The van der Waals surface area contributed by atoms with Gasteiger partial charge >= 0.3 is 0 Å². The van der Waals surface area contributed by atoms with Crippen LogP contribution in [0.4, 0.5) is 10.1 Å². The second-order valence-electron chi connectivity index (χ2n) is 15.2. The smallest absolute Gasteiger partial charge is 0.255 e. The number of rotatable bonds is 6. The molecule has 3 aromatic carbocycles. The summed E-state index contributed by atoms with van der Waals surface area (Å²) in [6, 6.07) is 14.5. The number of ketones is 1. The van der Waals surface area contributed by atoms with E-state index in [-0.39, 0.29) is 48.6 Å². The maximum absolute atomic E-state index is 15.5. The molecule has 1 aliphatic carbocycles. The Kier molecular flexibility index (Phi) is 8.06. The predicted octanol–water partition coefficient (Wildman–Crippen LogP) is 5.47. The van der Waals surface area contributed by atoms with Crippen molar-refractivity contribution in [1.29, 1.82) is 5.26 Å². The summed E-state index contributed by atoms with van der Waals surface area (Å²) in [6.07, 6.45) is 2.96. The maximum atomic E-state index is 15.5. The van der Waals surface area contributed by atoms with E-state index >= 15 is 4.39 Å². The molecule has 2 saturated heterocycles. The number of halogens is 1. The number of aryl methyl sites for hydroxylation is 1. The van der Waals surface area contributed by atoms with E-state index < -0.39 is 23.2 Å². The zero-order valence-corrected chi connectivity index (χ0v) is 29.9. The SMILES string of the molecule is CCc1cc2c(cc1N1CCC(N(C)Cc3cc4c(cc3F)C(=O)N(C3CCC(=O)NC3=O)C4)CC1)C(C)(C)c1[nH]c3cc(C#N)ccc3c1C2=O. The number of nitriles is 1. The molecule has 4 heterocycles. The van der Waals surface area contributed by atoms with Gasteiger partial charge in [0.2, 0.25) is 11.8 Å². The van der Waals surface area contributed by atoms with Gasteiger partial charge in [-0.2, -0.15) is 5.26 Å². The van der Waals surface area contributed by atoms with Crippen LogP contribution >= 0.6 is 0 Å². The largest absolute Gasteiger partial charge is 0.371 e. The lowest BCUT2D eigenvalue weighted by atomic mass is 9.70. The molecule has 1 aromatic heterocycles. The molecule has 4 aromatic rings. The third kappa shape index (κ3) is 5.31. The normalized spacial score (nSPS) is 19.9. The highest BCUT2D eigenvalue weighted by molar-refractivity contribution is 6.20. The van der Waals surface area contributed by atoms with Crippen LogP contribution in [0.15, 0.2) is 42.5 Å². The lowest BCUT2D eigenvalue weighted by Crippen LogP contribution is -2.52. The number of imide groups is 1. The Hall–Kier alpha value is -5.34. The molecule has 1 atom stereocenters. The minimum atomic E-state index is -0.739. The quantitative estimate of drug-likeness (QED) is 0.255. The van der Waals surface area contributed by atoms with Crippen molar-refractivity contribution in [1.82, 2.24) is 20.1 Å². The molecule has 8 rings (SSSR count). The summed E-state index contributed by atoms with van der Waals surface area (Å²) in [7, 11) is 2.01. The monoisotopic (exact) mass is 700 g/mol. The van der Waals surface area contributed by atoms with Crippen LogP contribution in [0.2, 0.25) is 0 Å². The molecule has 4 aliphatic rings. The van der Waals surface area contributed by atoms with Crippen molar-refractivity contribution in [3.05, 3.63) is 98.5 Å². The molecular weight excluding hydrogens is 659 g/mol. The van der Waals surface area contributed by atoms with E-state index in [0.717, 1.165) is 71.3 Å². The van der Waals surface area contributed by atoms with Crippen LogP contribution in [0, 0.1) is 17.1 Å². The number of carbonyl (C=O) groups excluding carboxylic acids is 4. The molecule has 3 amide bonds. The van der Waals surface area contributed by atoms with E-state index in [0.29, 0.717) is 28.8 Å². The number of aromatic amines is 1. The Morgan fingerprint density at radius 2 is 1.77 bits per heavy atom. The second kappa shape index (κ2) is 12.4. The van der Waals surface area contributed by atoms with E-state index in [1.54, 1.807) is 12.1 Å². The predicted molar refractivity (Wildman–Crippen MR) is 194 cm³/mol. The number of anilines is 1. The number of benzene rings is 3. The molecule has 266 valence electrons. The second-order valence-corrected chi connectivity index (χ2v) is 15.2. The van der Waals surface area contributed by atoms with Crippen LogP contribution in [0.25, 0.3) is 10.9 Å². The van der Waals surface area contributed by atoms with Crippen molar-refractivity contribution in [3.63, 3.8) is 0 Å². The summed E-state index contributed by atoms with van der Waals surface area (Å²) in [5, 5.41) is 12.6. The summed E-state index contributed by atoms with van der Waals surface area (Å²) in [4.78, 5) is 60.9. The van der Waals surface area contributed by atoms with Crippen LogP contribution in [-0.4, -0.2) is 70.5 Å². The highest BCUT2D eigenvalue weighted by Gasteiger charge is 2.42. The van der Waals surface area contributed by atoms with Gasteiger partial charge in [0.05, 0.1) is 17.2 Å². The molecule has 52 heavy (non-hydrogen) atoms. The van der Waals surface area contributed by atoms with E-state index in [1.807, 2.05) is 19.2 Å². The van der Waals surface area contributed by atoms with Crippen LogP contribution in [-0.2, 0) is 34.5 Å². The topological polar surface area (TPSA) is 130 Å². The number of piperidine rings is 2. The number of H-pyrrole nitrogens is 1. The molecule has 11 heteroatoms. The molecule has 10 nitrogen and oxygen atoms in total. The fourth-order valence-corrected chi connectivity index (χ4v) is 8.86. The molecular formula is C41H41FN6O4. The van der Waals surface area contributed by atoms with Gasteiger partial charge in [-0.15, -0.1) is 0 Å². The van der Waals surface area contributed by atoms with Gasteiger partial charge in [-0.05, 0) is 85.8 Å². The zero-order valence-electron chi connectivity index (χ0n) is 29.9. The number of carbonyl (C=O) groups is 4. The lowest BCUT2D eigenvalue weighted by Gasteiger charge is -2.40. The Morgan fingerprint density at radius 1 is 1.00 bits per heavy atom. The third-order valence-corrected chi connectivity index (χ3v) is 11.8. The van der Waals surface area contributed by atoms with Gasteiger partial charge in [0, 0.05) is 83.0 Å². The van der Waals surface area contributed by atoms with Crippen molar-refractivity contribution >= 4 is 40.1 Å². The zero-order chi connectivity index (χ0) is 36.6. The first kappa shape index (κ1) is 33.8. The molecule has 0 spiro atoms. The number of nitrogens with zero attached hydrogens (tertiary/aromatic N) is 4. The van der Waals surface area contributed by atoms with Crippen LogP contribution in [0.3, 0.4) is 0 Å². The van der Waals surface area contributed by atoms with Gasteiger partial charge in [-0.25, -0.2) is 4.39 Å². The Morgan fingerprint density at radius 3 is 2.48 bits per heavy atom. The van der Waals surface area contributed by atoms with Crippen molar-refractivity contribution in [3.8, 4) is 6.07 Å². The van der Waals surface area contributed by atoms with E-state index in [9.17, 15) is 24.4 Å². The van der Waals surface area contributed by atoms with Gasteiger partial charge in [-0.3, -0.25) is 29.4 Å². The Bertz CT molecular complexity index is 2260. The third-order valence-electron chi connectivity index (χ3n) is 11.8. The number of hydrogen-bond acceptors (Lipinski definition) is 7. The van der Waals surface area contributed by atoms with Crippen LogP contribution in [0.1, 0.15) is 106 Å². The first-order chi connectivity index (χ1) is 24.9. The average molecular weight is 701 g/mol. The van der Waals surface area contributed by atoms with Gasteiger partial charge in [0.25, 0.3) is 5.91 Å². The molecule has 2 fully saturated rings. The highest BCUT2D eigenvalue weighted by Crippen LogP contribution is 2.46. The first-order valence-electron chi connectivity index (χ1n) is 18.1. The Balaban J connectivity index is 0.982. The van der Waals surface area contributed by atoms with E-state index in [4.69, 9.17) is 0 Å². The van der Waals surface area contributed by atoms with Gasteiger partial charge in [-0.1, -0.05) is 26.8 Å². The lowest BCUT2D eigenvalue weighted by molar-refractivity contribution is -0.136. The molecule has 0 radical (unpaired) electrons. The minimum absolute atomic E-state index is 0.00805. The number of amides is 3. The van der Waals surface area contributed by atoms with Gasteiger partial charge in [0.1, 0.15) is 11.9 Å².